The third-order valence-electron chi connectivity index (χ3n) is 5.70. The molecule has 1 aliphatic rings. The fraction of sp³-hybridized carbons (Fsp3) is 0.280. The van der Waals surface area contributed by atoms with Gasteiger partial charge in [-0.05, 0) is 24.1 Å². The smallest absolute Gasteiger partial charge is 0.327 e. The molecule has 0 amide bonds. The van der Waals surface area contributed by atoms with Crippen molar-refractivity contribution in [2.24, 2.45) is 0 Å². The summed E-state index contributed by atoms with van der Waals surface area (Å²) < 4.78 is 11.2. The number of nitrogens with zero attached hydrogens (tertiary/aromatic N) is 1. The first kappa shape index (κ1) is 23.3. The third kappa shape index (κ3) is 4.76. The van der Waals surface area contributed by atoms with Crippen molar-refractivity contribution in [3.05, 3.63) is 80.0 Å². The number of carbonyl (C=O) groups is 2. The van der Waals surface area contributed by atoms with Crippen LogP contribution in [0.2, 0.25) is 5.02 Å². The molecule has 0 saturated carbocycles. The second kappa shape index (κ2) is 9.95. The maximum Gasteiger partial charge on any atom is 0.327 e. The van der Waals surface area contributed by atoms with Gasteiger partial charge in [0.1, 0.15) is 29.0 Å². The van der Waals surface area contributed by atoms with Crippen molar-refractivity contribution >= 4 is 34.7 Å². The number of carbonyl (C=O) groups excluding carboxylic acids is 2. The number of ketones is 1. The number of hydrogen-bond donors (Lipinski definition) is 1. The lowest BCUT2D eigenvalue weighted by Crippen LogP contribution is -2.38. The van der Waals surface area contributed by atoms with Gasteiger partial charge in [-0.25, -0.2) is 4.79 Å². The number of benzene rings is 2. The van der Waals surface area contributed by atoms with Gasteiger partial charge in [0.05, 0.1) is 7.11 Å². The van der Waals surface area contributed by atoms with Gasteiger partial charge in [-0.1, -0.05) is 48.0 Å². The van der Waals surface area contributed by atoms with Crippen LogP contribution in [0.3, 0.4) is 0 Å². The largest absolute Gasteiger partial charge is 0.508 e. The van der Waals surface area contributed by atoms with E-state index in [1.165, 1.54) is 25.4 Å². The number of thiophene rings is 1. The number of Topliss-reactive ketones (excluding diaryl/α,β-unsaturated/α-hetero) is 1. The van der Waals surface area contributed by atoms with Gasteiger partial charge in [0.25, 0.3) is 0 Å². The van der Waals surface area contributed by atoms with Crippen LogP contribution in [-0.2, 0) is 29.1 Å². The van der Waals surface area contributed by atoms with Gasteiger partial charge in [0.2, 0.25) is 0 Å². The number of esters is 1. The molecule has 6 nitrogen and oxygen atoms in total. The van der Waals surface area contributed by atoms with Gasteiger partial charge in [-0.2, -0.15) is 0 Å². The van der Waals surface area contributed by atoms with Crippen molar-refractivity contribution < 1.29 is 24.2 Å². The standard InChI is InChI=1S/C25H24ClNO5S/c1-15(28)24-23(32-14-16-7-3-6-10-20(16)29)18-13-27(12-11-21(18)33-24)22(25(30)31-2)17-8-4-5-9-19(17)26/h3-10,22,29H,11-14H2,1-2H3. The molecule has 0 aliphatic carbocycles. The summed E-state index contributed by atoms with van der Waals surface area (Å²) in [7, 11) is 1.36. The Hall–Kier alpha value is -2.87. The molecule has 1 N–H and O–H groups in total. The first-order valence-corrected chi connectivity index (χ1v) is 11.7. The molecule has 2 aromatic carbocycles. The molecule has 0 radical (unpaired) electrons. The summed E-state index contributed by atoms with van der Waals surface area (Å²) in [6.07, 6.45) is 0.665. The van der Waals surface area contributed by atoms with Crippen LogP contribution in [0.25, 0.3) is 0 Å². The van der Waals surface area contributed by atoms with Gasteiger partial charge in [-0.15, -0.1) is 11.3 Å². The lowest BCUT2D eigenvalue weighted by Gasteiger charge is -2.33. The average Bonchev–Trinajstić information content (AvgIpc) is 3.18. The van der Waals surface area contributed by atoms with Gasteiger partial charge in [0.15, 0.2) is 5.78 Å². The second-order valence-electron chi connectivity index (χ2n) is 7.80. The predicted molar refractivity (Wildman–Crippen MR) is 127 cm³/mol. The van der Waals surface area contributed by atoms with Crippen LogP contribution in [0.15, 0.2) is 48.5 Å². The van der Waals surface area contributed by atoms with Gasteiger partial charge < -0.3 is 14.6 Å². The fourth-order valence-electron chi connectivity index (χ4n) is 4.05. The van der Waals surface area contributed by atoms with E-state index < -0.39 is 12.0 Å². The van der Waals surface area contributed by atoms with Gasteiger partial charge >= 0.3 is 5.97 Å². The van der Waals surface area contributed by atoms with Crippen molar-refractivity contribution in [2.45, 2.75) is 32.5 Å². The Morgan fingerprint density at radius 2 is 1.91 bits per heavy atom. The number of phenolic OH excluding ortho intramolecular Hbond substituents is 1. The zero-order valence-electron chi connectivity index (χ0n) is 18.3. The fourth-order valence-corrected chi connectivity index (χ4v) is 5.43. The summed E-state index contributed by atoms with van der Waals surface area (Å²) in [5.41, 5.74) is 2.18. The number of methoxy groups -OCH3 is 1. The van der Waals surface area contributed by atoms with E-state index in [4.69, 9.17) is 21.1 Å². The molecule has 172 valence electrons. The van der Waals surface area contributed by atoms with Crippen LogP contribution in [0.5, 0.6) is 11.5 Å². The van der Waals surface area contributed by atoms with Crippen LogP contribution in [0.1, 0.15) is 44.2 Å². The summed E-state index contributed by atoms with van der Waals surface area (Å²) in [5.74, 6) is 0.171. The molecule has 2 heterocycles. The molecule has 1 atom stereocenters. The van der Waals surface area contributed by atoms with E-state index in [9.17, 15) is 14.7 Å². The van der Waals surface area contributed by atoms with Crippen molar-refractivity contribution in [3.8, 4) is 11.5 Å². The summed E-state index contributed by atoms with van der Waals surface area (Å²) in [5, 5.41) is 10.6. The van der Waals surface area contributed by atoms with Crippen LogP contribution in [-0.4, -0.2) is 35.4 Å². The van der Waals surface area contributed by atoms with E-state index in [1.807, 2.05) is 29.2 Å². The number of ether oxygens (including phenoxy) is 2. The highest BCUT2D eigenvalue weighted by Gasteiger charge is 2.35. The lowest BCUT2D eigenvalue weighted by atomic mass is 10.0. The molecule has 1 unspecified atom stereocenters. The Bertz CT molecular complexity index is 1190. The first-order chi connectivity index (χ1) is 15.9. The number of phenols is 1. The quantitative estimate of drug-likeness (QED) is 0.368. The molecule has 1 aromatic heterocycles. The minimum Gasteiger partial charge on any atom is -0.508 e. The predicted octanol–water partition coefficient (Wildman–Crippen LogP) is 5.16. The molecule has 0 saturated heterocycles. The van der Waals surface area contributed by atoms with E-state index in [0.29, 0.717) is 46.3 Å². The minimum atomic E-state index is -0.677. The summed E-state index contributed by atoms with van der Waals surface area (Å²) in [6, 6.07) is 13.5. The van der Waals surface area contributed by atoms with Crippen LogP contribution >= 0.6 is 22.9 Å². The maximum absolute atomic E-state index is 12.8. The average molecular weight is 486 g/mol. The number of rotatable bonds is 7. The number of fused-ring (bicyclic) bond motifs is 1. The second-order valence-corrected chi connectivity index (χ2v) is 9.32. The lowest BCUT2D eigenvalue weighted by molar-refractivity contribution is -0.147. The number of aromatic hydroxyl groups is 1. The molecule has 0 bridgehead atoms. The zero-order chi connectivity index (χ0) is 23.5. The van der Waals surface area contributed by atoms with E-state index in [2.05, 4.69) is 0 Å². The van der Waals surface area contributed by atoms with Crippen LogP contribution < -0.4 is 4.74 Å². The molecule has 4 rings (SSSR count). The molecular weight excluding hydrogens is 462 g/mol. The van der Waals surface area contributed by atoms with Crippen LogP contribution in [0.4, 0.5) is 0 Å². The molecule has 33 heavy (non-hydrogen) atoms. The molecule has 0 fully saturated rings. The number of halogens is 1. The van der Waals surface area contributed by atoms with Crippen molar-refractivity contribution in [1.82, 2.24) is 4.90 Å². The third-order valence-corrected chi connectivity index (χ3v) is 7.42. The molecule has 0 spiro atoms. The highest BCUT2D eigenvalue weighted by atomic mass is 35.5. The SMILES string of the molecule is COC(=O)C(c1ccccc1Cl)N1CCc2sc(C(C)=O)c(OCc3ccccc3O)c2C1. The Morgan fingerprint density at radius 3 is 2.61 bits per heavy atom. The normalized spacial score (nSPS) is 14.4. The molecule has 8 heteroatoms. The van der Waals surface area contributed by atoms with Crippen molar-refractivity contribution in [2.75, 3.05) is 13.7 Å². The Morgan fingerprint density at radius 1 is 1.18 bits per heavy atom. The zero-order valence-corrected chi connectivity index (χ0v) is 19.9. The summed E-state index contributed by atoms with van der Waals surface area (Å²) in [6.45, 7) is 2.65. The highest BCUT2D eigenvalue weighted by molar-refractivity contribution is 7.14. The van der Waals surface area contributed by atoms with E-state index in [1.54, 1.807) is 24.3 Å². The Labute approximate surface area is 201 Å². The highest BCUT2D eigenvalue weighted by Crippen LogP contribution is 2.42. The van der Waals surface area contributed by atoms with Crippen LogP contribution in [0, 0.1) is 0 Å². The molecule has 1 aliphatic heterocycles. The van der Waals surface area contributed by atoms with Crippen molar-refractivity contribution in [3.63, 3.8) is 0 Å². The number of para-hydroxylation sites is 1. The van der Waals surface area contributed by atoms with Gasteiger partial charge in [-0.3, -0.25) is 9.69 Å². The summed E-state index contributed by atoms with van der Waals surface area (Å²) in [4.78, 5) is 28.8. The van der Waals surface area contributed by atoms with Crippen molar-refractivity contribution in [1.29, 1.82) is 0 Å². The van der Waals surface area contributed by atoms with Gasteiger partial charge in [0, 0.05) is 41.0 Å². The minimum absolute atomic E-state index is 0.0798. The monoisotopic (exact) mass is 485 g/mol. The van der Waals surface area contributed by atoms with E-state index in [-0.39, 0.29) is 18.1 Å². The Balaban J connectivity index is 1.68. The first-order valence-electron chi connectivity index (χ1n) is 10.5. The molecular formula is C25H24ClNO5S. The topological polar surface area (TPSA) is 76.1 Å². The Kier molecular flexibility index (Phi) is 7.02. The molecule has 3 aromatic rings. The van der Waals surface area contributed by atoms with E-state index in [0.717, 1.165) is 10.4 Å². The summed E-state index contributed by atoms with van der Waals surface area (Å²) >= 11 is 7.85. The maximum atomic E-state index is 12.8. The van der Waals surface area contributed by atoms with E-state index >= 15 is 0 Å². The number of hydrogen-bond acceptors (Lipinski definition) is 7.